The van der Waals surface area contributed by atoms with Crippen LogP contribution < -0.4 is 16.6 Å². The first-order valence-electron chi connectivity index (χ1n) is 5.58. The van der Waals surface area contributed by atoms with Crippen LogP contribution in [0, 0.1) is 15.9 Å². The summed E-state index contributed by atoms with van der Waals surface area (Å²) in [5.41, 5.74) is 3.02. The smallest absolute Gasteiger partial charge is 0.273 e. The van der Waals surface area contributed by atoms with Crippen LogP contribution in [0.2, 0.25) is 10.0 Å². The second-order valence-electron chi connectivity index (χ2n) is 4.04. The summed E-state index contributed by atoms with van der Waals surface area (Å²) in [7, 11) is 0. The minimum Gasteiger partial charge on any atom is -0.353 e. The lowest BCUT2D eigenvalue weighted by atomic mass is 10.2. The van der Waals surface area contributed by atoms with Gasteiger partial charge in [-0.2, -0.15) is 0 Å². The number of nitrogens with two attached hydrogens (primary N) is 1. The van der Waals surface area contributed by atoms with E-state index in [-0.39, 0.29) is 21.4 Å². The summed E-state index contributed by atoms with van der Waals surface area (Å²) in [6.07, 6.45) is 0. The van der Waals surface area contributed by atoms with Gasteiger partial charge in [0.25, 0.3) is 5.69 Å². The van der Waals surface area contributed by atoms with Gasteiger partial charge in [0.15, 0.2) is 0 Å². The van der Waals surface area contributed by atoms with Gasteiger partial charge in [0.05, 0.1) is 26.3 Å². The number of hydrogen-bond acceptors (Lipinski definition) is 5. The highest BCUT2D eigenvalue weighted by atomic mass is 35.5. The molecule has 0 atom stereocenters. The Kier molecular flexibility index (Phi) is 4.46. The maximum Gasteiger partial charge on any atom is 0.273 e. The molecule has 0 aliphatic carbocycles. The number of nitrogens with zero attached hydrogens (tertiary/aromatic N) is 1. The highest BCUT2D eigenvalue weighted by Gasteiger charge is 2.13. The van der Waals surface area contributed by atoms with Gasteiger partial charge in [-0.1, -0.05) is 23.2 Å². The molecule has 9 heteroatoms. The molecular weight excluding hydrogens is 322 g/mol. The van der Waals surface area contributed by atoms with Gasteiger partial charge in [-0.05, 0) is 18.2 Å². The van der Waals surface area contributed by atoms with Crippen LogP contribution in [0.25, 0.3) is 0 Å². The van der Waals surface area contributed by atoms with Crippen molar-refractivity contribution in [3.63, 3.8) is 0 Å². The summed E-state index contributed by atoms with van der Waals surface area (Å²) in [4.78, 5) is 10.3. The minimum absolute atomic E-state index is 0.0498. The van der Waals surface area contributed by atoms with E-state index >= 15 is 0 Å². The molecule has 0 amide bonds. The molecule has 2 aromatic rings. The van der Waals surface area contributed by atoms with E-state index in [9.17, 15) is 14.5 Å². The summed E-state index contributed by atoms with van der Waals surface area (Å²) in [6.45, 7) is 0. The molecule has 0 unspecified atom stereocenters. The van der Waals surface area contributed by atoms with Crippen LogP contribution >= 0.6 is 23.2 Å². The van der Waals surface area contributed by atoms with Crippen molar-refractivity contribution in [2.45, 2.75) is 0 Å². The molecule has 4 N–H and O–H groups in total. The normalized spacial score (nSPS) is 10.3. The molecule has 6 nitrogen and oxygen atoms in total. The molecule has 0 radical (unpaired) electrons. The van der Waals surface area contributed by atoms with Gasteiger partial charge < -0.3 is 10.7 Å². The number of nitro benzene ring substituents is 1. The highest BCUT2D eigenvalue weighted by molar-refractivity contribution is 6.39. The number of nitro groups is 1. The van der Waals surface area contributed by atoms with Crippen molar-refractivity contribution < 1.29 is 9.31 Å². The Balaban J connectivity index is 2.44. The van der Waals surface area contributed by atoms with E-state index in [2.05, 4.69) is 10.7 Å². The number of halogens is 3. The SMILES string of the molecule is NNc1cc(Nc2c(Cl)cc(F)cc2Cl)cc([N+](=O)[O-])c1. The molecule has 2 rings (SSSR count). The Bertz CT molecular complexity index is 689. The molecule has 0 aliphatic heterocycles. The van der Waals surface area contributed by atoms with Crippen LogP contribution in [0.4, 0.5) is 27.1 Å². The van der Waals surface area contributed by atoms with E-state index in [0.717, 1.165) is 12.1 Å². The Labute approximate surface area is 128 Å². The van der Waals surface area contributed by atoms with Crippen molar-refractivity contribution in [2.75, 3.05) is 10.7 Å². The second-order valence-corrected chi connectivity index (χ2v) is 4.85. The molecule has 21 heavy (non-hydrogen) atoms. The van der Waals surface area contributed by atoms with Crippen LogP contribution in [-0.4, -0.2) is 4.92 Å². The lowest BCUT2D eigenvalue weighted by Gasteiger charge is -2.12. The predicted molar refractivity (Wildman–Crippen MR) is 80.6 cm³/mol. The van der Waals surface area contributed by atoms with Gasteiger partial charge >= 0.3 is 0 Å². The average molecular weight is 331 g/mol. The van der Waals surface area contributed by atoms with Crippen LogP contribution in [0.15, 0.2) is 30.3 Å². The highest BCUT2D eigenvalue weighted by Crippen LogP contribution is 2.35. The van der Waals surface area contributed by atoms with Gasteiger partial charge in [0, 0.05) is 17.8 Å². The maximum absolute atomic E-state index is 13.1. The lowest BCUT2D eigenvalue weighted by molar-refractivity contribution is -0.384. The number of nitrogens with one attached hydrogen (secondary N) is 2. The lowest BCUT2D eigenvalue weighted by Crippen LogP contribution is -2.07. The first-order valence-corrected chi connectivity index (χ1v) is 6.34. The van der Waals surface area contributed by atoms with Crippen LogP contribution in [0.1, 0.15) is 0 Å². The maximum atomic E-state index is 13.1. The molecule has 0 spiro atoms. The minimum atomic E-state index is -0.584. The van der Waals surface area contributed by atoms with Crippen molar-refractivity contribution in [1.82, 2.24) is 0 Å². The van der Waals surface area contributed by atoms with Crippen LogP contribution in [0.3, 0.4) is 0 Å². The fraction of sp³-hybridized carbons (Fsp3) is 0. The number of nitrogen functional groups attached to an aromatic ring is 1. The number of hydrazine groups is 1. The Morgan fingerprint density at radius 3 is 2.19 bits per heavy atom. The molecule has 2 aromatic carbocycles. The molecule has 0 fully saturated rings. The first-order chi connectivity index (χ1) is 9.90. The third kappa shape index (κ3) is 3.52. The molecule has 0 aromatic heterocycles. The van der Waals surface area contributed by atoms with E-state index in [0.29, 0.717) is 11.4 Å². The van der Waals surface area contributed by atoms with Crippen molar-refractivity contribution in [2.24, 2.45) is 5.84 Å². The molecule has 110 valence electrons. The average Bonchev–Trinajstić information content (AvgIpc) is 2.42. The van der Waals surface area contributed by atoms with E-state index in [1.807, 2.05) is 0 Å². The van der Waals surface area contributed by atoms with E-state index in [1.165, 1.54) is 18.2 Å². The van der Waals surface area contributed by atoms with Crippen molar-refractivity contribution >= 4 is 46.0 Å². The molecule has 0 saturated carbocycles. The Morgan fingerprint density at radius 1 is 1.10 bits per heavy atom. The van der Waals surface area contributed by atoms with E-state index in [1.54, 1.807) is 0 Å². The second kappa shape index (κ2) is 6.13. The summed E-state index contributed by atoms with van der Waals surface area (Å²) in [6, 6.07) is 6.21. The zero-order chi connectivity index (χ0) is 15.6. The van der Waals surface area contributed by atoms with Gasteiger partial charge in [0.2, 0.25) is 0 Å². The van der Waals surface area contributed by atoms with Crippen molar-refractivity contribution in [3.8, 4) is 0 Å². The summed E-state index contributed by atoms with van der Waals surface area (Å²) in [5.74, 6) is 4.67. The van der Waals surface area contributed by atoms with Crippen LogP contribution in [0.5, 0.6) is 0 Å². The molecule has 0 saturated heterocycles. The molecule has 0 heterocycles. The summed E-state index contributed by atoms with van der Waals surface area (Å²) < 4.78 is 13.1. The number of non-ortho nitro benzene ring substituents is 1. The molecule has 0 bridgehead atoms. The fourth-order valence-electron chi connectivity index (χ4n) is 1.68. The largest absolute Gasteiger partial charge is 0.353 e. The van der Waals surface area contributed by atoms with Crippen LogP contribution in [-0.2, 0) is 0 Å². The van der Waals surface area contributed by atoms with E-state index < -0.39 is 10.7 Å². The first kappa shape index (κ1) is 15.3. The number of rotatable bonds is 4. The number of benzene rings is 2. The molecule has 0 aliphatic rings. The van der Waals surface area contributed by atoms with Gasteiger partial charge in [-0.15, -0.1) is 0 Å². The van der Waals surface area contributed by atoms with Gasteiger partial charge in [-0.25, -0.2) is 4.39 Å². The number of hydrogen-bond donors (Lipinski definition) is 3. The summed E-state index contributed by atoms with van der Waals surface area (Å²) >= 11 is 11.8. The Morgan fingerprint density at radius 2 is 1.67 bits per heavy atom. The topological polar surface area (TPSA) is 93.2 Å². The fourth-order valence-corrected chi connectivity index (χ4v) is 2.23. The van der Waals surface area contributed by atoms with Crippen molar-refractivity contribution in [3.05, 3.63) is 56.3 Å². The molecular formula is C12H9Cl2FN4O2. The number of anilines is 3. The zero-order valence-corrected chi connectivity index (χ0v) is 11.9. The monoisotopic (exact) mass is 330 g/mol. The van der Waals surface area contributed by atoms with Crippen molar-refractivity contribution in [1.29, 1.82) is 0 Å². The Hall–Kier alpha value is -2.09. The van der Waals surface area contributed by atoms with Gasteiger partial charge in [0.1, 0.15) is 5.82 Å². The predicted octanol–water partition coefficient (Wildman–Crippen LogP) is 4.07. The standard InChI is InChI=1S/C12H9Cl2FN4O2/c13-10-1-6(15)2-11(14)12(10)17-7-3-8(18-16)5-9(4-7)19(20)21/h1-5,17-18H,16H2. The third-order valence-electron chi connectivity index (χ3n) is 2.57. The summed E-state index contributed by atoms with van der Waals surface area (Å²) in [5, 5.41) is 13.8. The van der Waals surface area contributed by atoms with Gasteiger partial charge in [-0.3, -0.25) is 16.0 Å². The third-order valence-corrected chi connectivity index (χ3v) is 3.17. The quantitative estimate of drug-likeness (QED) is 0.446. The van der Waals surface area contributed by atoms with E-state index in [4.69, 9.17) is 29.0 Å². The zero-order valence-electron chi connectivity index (χ0n) is 10.4.